The summed E-state index contributed by atoms with van der Waals surface area (Å²) in [5, 5.41) is 2.44. The molecule has 0 saturated heterocycles. The maximum Gasteiger partial charge on any atom is 0.275 e. The average molecular weight is 286 g/mol. The van der Waals surface area contributed by atoms with E-state index in [2.05, 4.69) is 15.3 Å². The third kappa shape index (κ3) is 2.75. The van der Waals surface area contributed by atoms with Crippen LogP contribution in [-0.4, -0.2) is 15.9 Å². The number of aromatic nitrogens is 2. The Kier molecular flexibility index (Phi) is 3.74. The number of carbonyl (C=O) groups excluding carboxylic acids is 1. The van der Waals surface area contributed by atoms with E-state index in [1.54, 1.807) is 0 Å². The van der Waals surface area contributed by atoms with E-state index in [-0.39, 0.29) is 21.6 Å². The molecule has 1 heterocycles. The predicted molar refractivity (Wildman–Crippen MR) is 66.4 cm³/mol. The van der Waals surface area contributed by atoms with E-state index in [4.69, 9.17) is 23.2 Å². The lowest BCUT2D eigenvalue weighted by atomic mass is 10.3. The number of hydrogen-bond donors (Lipinski definition) is 1. The topological polar surface area (TPSA) is 54.9 Å². The largest absolute Gasteiger partial charge is 0.318 e. The molecule has 0 fully saturated rings. The van der Waals surface area contributed by atoms with Gasteiger partial charge in [-0.15, -0.1) is 0 Å². The van der Waals surface area contributed by atoms with Gasteiger partial charge in [0.15, 0.2) is 5.82 Å². The van der Waals surface area contributed by atoms with Gasteiger partial charge < -0.3 is 5.32 Å². The minimum Gasteiger partial charge on any atom is -0.318 e. The van der Waals surface area contributed by atoms with Gasteiger partial charge in [0, 0.05) is 0 Å². The Morgan fingerprint density at radius 3 is 2.67 bits per heavy atom. The molecule has 1 aromatic heterocycles. The van der Waals surface area contributed by atoms with E-state index in [1.807, 2.05) is 0 Å². The number of halogens is 3. The molecule has 0 spiro atoms. The monoisotopic (exact) mass is 285 g/mol. The molecule has 0 atom stereocenters. The van der Waals surface area contributed by atoms with Gasteiger partial charge in [-0.1, -0.05) is 29.3 Å². The third-order valence-electron chi connectivity index (χ3n) is 2.05. The van der Waals surface area contributed by atoms with E-state index in [0.29, 0.717) is 0 Å². The second kappa shape index (κ2) is 5.29. The van der Waals surface area contributed by atoms with Crippen LogP contribution in [0.15, 0.2) is 30.6 Å². The Labute approximate surface area is 112 Å². The Hall–Kier alpha value is -1.72. The zero-order valence-electron chi connectivity index (χ0n) is 8.82. The highest BCUT2D eigenvalue weighted by Gasteiger charge is 2.12. The molecule has 2 aromatic rings. The van der Waals surface area contributed by atoms with Crippen molar-refractivity contribution < 1.29 is 9.18 Å². The smallest absolute Gasteiger partial charge is 0.275 e. The van der Waals surface area contributed by atoms with E-state index in [0.717, 1.165) is 0 Å². The van der Waals surface area contributed by atoms with Crippen LogP contribution in [-0.2, 0) is 0 Å². The fraction of sp³-hybridized carbons (Fsp3) is 0. The molecule has 0 radical (unpaired) electrons. The van der Waals surface area contributed by atoms with Gasteiger partial charge in [0.1, 0.15) is 10.8 Å². The first-order chi connectivity index (χ1) is 8.58. The molecule has 1 N–H and O–H groups in total. The van der Waals surface area contributed by atoms with Crippen LogP contribution in [0.3, 0.4) is 0 Å². The standard InChI is InChI=1S/C11H6Cl2FN3O/c12-6-2-1-3-7(10(6)14)17-11(18)8-4-16-9(13)5-15-8/h1-5H,(H,17,18). The van der Waals surface area contributed by atoms with Crippen molar-refractivity contribution in [3.63, 3.8) is 0 Å². The molecule has 0 aliphatic carbocycles. The summed E-state index contributed by atoms with van der Waals surface area (Å²) in [4.78, 5) is 19.2. The number of benzene rings is 1. The molecule has 2 rings (SSSR count). The van der Waals surface area contributed by atoms with Crippen LogP contribution in [0.5, 0.6) is 0 Å². The van der Waals surface area contributed by atoms with Crippen molar-refractivity contribution in [1.29, 1.82) is 0 Å². The highest BCUT2D eigenvalue weighted by atomic mass is 35.5. The van der Waals surface area contributed by atoms with Gasteiger partial charge in [0.25, 0.3) is 5.91 Å². The minimum atomic E-state index is -0.700. The molecule has 7 heteroatoms. The van der Waals surface area contributed by atoms with E-state index in [1.165, 1.54) is 30.6 Å². The molecule has 0 aliphatic heterocycles. The normalized spacial score (nSPS) is 10.2. The van der Waals surface area contributed by atoms with Gasteiger partial charge in [-0.2, -0.15) is 0 Å². The average Bonchev–Trinajstić information content (AvgIpc) is 2.36. The van der Waals surface area contributed by atoms with Crippen molar-refractivity contribution in [3.8, 4) is 0 Å². The summed E-state index contributed by atoms with van der Waals surface area (Å²) in [6.45, 7) is 0. The number of nitrogens with zero attached hydrogens (tertiary/aromatic N) is 2. The zero-order chi connectivity index (χ0) is 13.1. The van der Waals surface area contributed by atoms with Crippen molar-refractivity contribution in [3.05, 3.63) is 52.3 Å². The summed E-state index contributed by atoms with van der Waals surface area (Å²) in [6, 6.07) is 4.30. The summed E-state index contributed by atoms with van der Waals surface area (Å²) in [5.74, 6) is -1.30. The maximum absolute atomic E-state index is 13.5. The van der Waals surface area contributed by atoms with Gasteiger partial charge >= 0.3 is 0 Å². The van der Waals surface area contributed by atoms with Crippen LogP contribution in [0.4, 0.5) is 10.1 Å². The summed E-state index contributed by atoms with van der Waals surface area (Å²) in [6.07, 6.45) is 2.42. The lowest BCUT2D eigenvalue weighted by molar-refractivity contribution is 0.102. The van der Waals surface area contributed by atoms with Crippen LogP contribution in [0.25, 0.3) is 0 Å². The lowest BCUT2D eigenvalue weighted by Crippen LogP contribution is -2.15. The second-order valence-electron chi connectivity index (χ2n) is 3.28. The van der Waals surface area contributed by atoms with Crippen LogP contribution in [0.2, 0.25) is 10.2 Å². The lowest BCUT2D eigenvalue weighted by Gasteiger charge is -2.06. The first kappa shape index (κ1) is 12.7. The van der Waals surface area contributed by atoms with Gasteiger partial charge in [0.05, 0.1) is 23.1 Å². The molecule has 1 amide bonds. The number of anilines is 1. The molecule has 92 valence electrons. The van der Waals surface area contributed by atoms with Crippen molar-refractivity contribution >= 4 is 34.8 Å². The quantitative estimate of drug-likeness (QED) is 0.922. The highest BCUT2D eigenvalue weighted by molar-refractivity contribution is 6.31. The summed E-state index contributed by atoms with van der Waals surface area (Å²) < 4.78 is 13.5. The van der Waals surface area contributed by atoms with Crippen molar-refractivity contribution in [2.75, 3.05) is 5.32 Å². The third-order valence-corrected chi connectivity index (χ3v) is 2.54. The molecule has 1 aromatic carbocycles. The van der Waals surface area contributed by atoms with E-state index in [9.17, 15) is 9.18 Å². The molecule has 0 bridgehead atoms. The van der Waals surface area contributed by atoms with Crippen molar-refractivity contribution in [2.45, 2.75) is 0 Å². The number of nitrogens with one attached hydrogen (secondary N) is 1. The fourth-order valence-corrected chi connectivity index (χ4v) is 1.49. The molecule has 4 nitrogen and oxygen atoms in total. The highest BCUT2D eigenvalue weighted by Crippen LogP contribution is 2.22. The van der Waals surface area contributed by atoms with Gasteiger partial charge in [-0.05, 0) is 12.1 Å². The second-order valence-corrected chi connectivity index (χ2v) is 4.07. The minimum absolute atomic E-state index is 0.0238. The first-order valence-electron chi connectivity index (χ1n) is 4.81. The van der Waals surface area contributed by atoms with Gasteiger partial charge in [-0.25, -0.2) is 14.4 Å². The molecule has 0 unspecified atom stereocenters. The molecule has 0 saturated carbocycles. The summed E-state index contributed by atoms with van der Waals surface area (Å²) in [5.41, 5.74) is 0.00280. The zero-order valence-corrected chi connectivity index (χ0v) is 10.3. The summed E-state index contributed by atoms with van der Waals surface area (Å²) >= 11 is 11.1. The Morgan fingerprint density at radius 2 is 2.00 bits per heavy atom. The Morgan fingerprint density at radius 1 is 1.22 bits per heavy atom. The molecule has 0 aliphatic rings. The van der Waals surface area contributed by atoms with Crippen molar-refractivity contribution in [1.82, 2.24) is 9.97 Å². The van der Waals surface area contributed by atoms with Gasteiger partial charge in [0.2, 0.25) is 0 Å². The van der Waals surface area contributed by atoms with Crippen LogP contribution in [0, 0.1) is 5.82 Å². The first-order valence-corrected chi connectivity index (χ1v) is 5.56. The fourth-order valence-electron chi connectivity index (χ4n) is 1.22. The number of hydrogen-bond acceptors (Lipinski definition) is 3. The molecular weight excluding hydrogens is 280 g/mol. The SMILES string of the molecule is O=C(Nc1cccc(Cl)c1F)c1cnc(Cl)cn1. The summed E-state index contributed by atoms with van der Waals surface area (Å²) in [7, 11) is 0. The van der Waals surface area contributed by atoms with Crippen LogP contribution >= 0.6 is 23.2 Å². The van der Waals surface area contributed by atoms with Crippen LogP contribution < -0.4 is 5.32 Å². The van der Waals surface area contributed by atoms with Crippen molar-refractivity contribution in [2.24, 2.45) is 0 Å². The Bertz CT molecular complexity index is 589. The number of carbonyl (C=O) groups is 1. The molecule has 18 heavy (non-hydrogen) atoms. The maximum atomic E-state index is 13.5. The predicted octanol–water partition coefficient (Wildman–Crippen LogP) is 3.17. The number of rotatable bonds is 2. The Balaban J connectivity index is 2.21. The number of amides is 1. The van der Waals surface area contributed by atoms with Crippen LogP contribution in [0.1, 0.15) is 10.5 Å². The van der Waals surface area contributed by atoms with E-state index >= 15 is 0 Å². The molecular formula is C11H6Cl2FN3O. The van der Waals surface area contributed by atoms with Gasteiger partial charge in [-0.3, -0.25) is 4.79 Å². The van der Waals surface area contributed by atoms with E-state index < -0.39 is 11.7 Å².